The molecule has 1 saturated carbocycles. The molecule has 1 amide bonds. The molecule has 1 unspecified atom stereocenters. The molecule has 2 aliphatic rings. The molecule has 33 heavy (non-hydrogen) atoms. The van der Waals surface area contributed by atoms with Gasteiger partial charge >= 0.3 is 0 Å². The Hall–Kier alpha value is -3.99. The number of hydrogen-bond acceptors (Lipinski definition) is 10. The summed E-state index contributed by atoms with van der Waals surface area (Å²) in [5.74, 6) is 1.16. The molecule has 11 nitrogen and oxygen atoms in total. The lowest BCUT2D eigenvalue weighted by atomic mass is 10.1. The highest BCUT2D eigenvalue weighted by Crippen LogP contribution is 2.41. The fourth-order valence-electron chi connectivity index (χ4n) is 3.67. The maximum absolute atomic E-state index is 12.3. The van der Waals surface area contributed by atoms with Crippen LogP contribution in [0.4, 0.5) is 17.2 Å². The van der Waals surface area contributed by atoms with E-state index in [1.807, 2.05) is 37.3 Å². The quantitative estimate of drug-likeness (QED) is 0.557. The van der Waals surface area contributed by atoms with Gasteiger partial charge in [0.2, 0.25) is 5.91 Å². The Morgan fingerprint density at radius 2 is 2.06 bits per heavy atom. The molecule has 0 bridgehead atoms. The third-order valence-corrected chi connectivity index (χ3v) is 5.72. The van der Waals surface area contributed by atoms with Crippen LogP contribution in [0.3, 0.4) is 0 Å². The smallest absolute Gasteiger partial charge is 0.228 e. The van der Waals surface area contributed by atoms with Crippen molar-refractivity contribution in [2.45, 2.75) is 19.0 Å². The summed E-state index contributed by atoms with van der Waals surface area (Å²) in [5, 5.41) is 22.4. The lowest BCUT2D eigenvalue weighted by Crippen LogP contribution is -2.30. The number of anilines is 3. The number of hydrazine groups is 1. The zero-order chi connectivity index (χ0) is 22.9. The van der Waals surface area contributed by atoms with Crippen LogP contribution >= 0.6 is 0 Å². The first-order valence-electron chi connectivity index (χ1n) is 10.6. The van der Waals surface area contributed by atoms with Crippen LogP contribution in [0.15, 0.2) is 57.7 Å². The summed E-state index contributed by atoms with van der Waals surface area (Å²) in [5.41, 5.74) is 3.61. The number of hydrogen-bond donors (Lipinski definition) is 2. The van der Waals surface area contributed by atoms with Gasteiger partial charge in [-0.1, -0.05) is 22.5 Å². The number of carbonyl (C=O) groups excluding carboxylic acids is 1. The van der Waals surface area contributed by atoms with Crippen LogP contribution in [0, 0.1) is 5.92 Å². The van der Waals surface area contributed by atoms with Crippen molar-refractivity contribution >= 4 is 23.1 Å². The van der Waals surface area contributed by atoms with E-state index in [1.165, 1.54) is 6.26 Å². The molecule has 5 rings (SSSR count). The van der Waals surface area contributed by atoms with Crippen LogP contribution in [0.5, 0.6) is 5.75 Å². The van der Waals surface area contributed by atoms with E-state index < -0.39 is 0 Å². The fraction of sp³-hybridized carbons (Fsp3) is 0.318. The maximum Gasteiger partial charge on any atom is 0.228 e. The van der Waals surface area contributed by atoms with E-state index in [-0.39, 0.29) is 18.0 Å². The largest absolute Gasteiger partial charge is 0.494 e. The summed E-state index contributed by atoms with van der Waals surface area (Å²) >= 11 is 0. The van der Waals surface area contributed by atoms with Crippen molar-refractivity contribution in [3.63, 3.8) is 0 Å². The lowest BCUT2D eigenvalue weighted by Gasteiger charge is -2.24. The molecule has 1 aromatic carbocycles. The highest BCUT2D eigenvalue weighted by atomic mass is 16.5. The van der Waals surface area contributed by atoms with Crippen LogP contribution in [0.25, 0.3) is 11.3 Å². The molecular formula is C22H24N8O3. The normalized spacial score (nSPS) is 17.9. The molecule has 0 radical (unpaired) electrons. The van der Waals surface area contributed by atoms with Crippen molar-refractivity contribution in [3.8, 4) is 17.0 Å². The molecule has 3 aromatic rings. The molecule has 11 heteroatoms. The lowest BCUT2D eigenvalue weighted by molar-refractivity contribution is -0.117. The van der Waals surface area contributed by atoms with Gasteiger partial charge in [0.25, 0.3) is 0 Å². The highest BCUT2D eigenvalue weighted by Gasteiger charge is 2.31. The molecule has 2 aromatic heterocycles. The summed E-state index contributed by atoms with van der Waals surface area (Å²) in [7, 11) is 5.35. The van der Waals surface area contributed by atoms with Crippen molar-refractivity contribution in [1.29, 1.82) is 0 Å². The summed E-state index contributed by atoms with van der Waals surface area (Å²) < 4.78 is 10.8. The Balaban J connectivity index is 1.51. The minimum absolute atomic E-state index is 0.0130. The van der Waals surface area contributed by atoms with Crippen molar-refractivity contribution in [3.05, 3.63) is 48.4 Å². The molecule has 1 fully saturated rings. The van der Waals surface area contributed by atoms with Crippen LogP contribution in [-0.2, 0) is 4.79 Å². The molecule has 0 spiro atoms. The first-order valence-corrected chi connectivity index (χ1v) is 10.6. The second kappa shape index (κ2) is 8.51. The van der Waals surface area contributed by atoms with Crippen molar-refractivity contribution in [1.82, 2.24) is 20.3 Å². The van der Waals surface area contributed by atoms with Crippen LogP contribution < -0.4 is 15.4 Å². The van der Waals surface area contributed by atoms with Gasteiger partial charge in [-0.15, -0.1) is 5.11 Å². The minimum Gasteiger partial charge on any atom is -0.494 e. The second-order valence-corrected chi connectivity index (χ2v) is 7.96. The third-order valence-electron chi connectivity index (χ3n) is 5.72. The number of ether oxygens (including phenoxy) is 1. The Bertz CT molecular complexity index is 1190. The molecular weight excluding hydrogens is 424 g/mol. The maximum atomic E-state index is 12.3. The van der Waals surface area contributed by atoms with Crippen LogP contribution in [-0.4, -0.2) is 47.4 Å². The van der Waals surface area contributed by atoms with E-state index >= 15 is 0 Å². The molecule has 1 atom stereocenters. The van der Waals surface area contributed by atoms with Crippen molar-refractivity contribution in [2.24, 2.45) is 16.3 Å². The second-order valence-electron chi connectivity index (χ2n) is 7.96. The van der Waals surface area contributed by atoms with Gasteiger partial charge in [0, 0.05) is 49.5 Å². The van der Waals surface area contributed by atoms with E-state index in [2.05, 4.69) is 31.1 Å². The third kappa shape index (κ3) is 4.10. The van der Waals surface area contributed by atoms with Gasteiger partial charge in [0.15, 0.2) is 6.17 Å². The SMILES string of the molecule is COc1c(Nc2cc(NC(=O)C3CC3)ncc2-c2ccon2)cccc1C1N=NN(C)N1C. The number of rotatable bonds is 7. The van der Waals surface area contributed by atoms with Gasteiger partial charge in [-0.2, -0.15) is 5.01 Å². The minimum atomic E-state index is -0.312. The van der Waals surface area contributed by atoms with Gasteiger partial charge in [-0.25, -0.2) is 10.1 Å². The molecule has 170 valence electrons. The standard InChI is InChI=1S/C22H24N8O3/c1-29-21(26-28-30(29)2)14-5-4-6-17(20(14)32-3)24-18-11-19(25-22(31)13-7-8-13)23-12-15(18)16-9-10-33-27-16/h4-6,9-13,21H,7-8H2,1-3H3,(H2,23,24,25,31). The number of benzene rings is 1. The molecule has 3 heterocycles. The molecule has 1 aliphatic heterocycles. The van der Waals surface area contributed by atoms with Gasteiger partial charge in [0.1, 0.15) is 23.5 Å². The Morgan fingerprint density at radius 1 is 1.21 bits per heavy atom. The molecule has 1 aliphatic carbocycles. The first-order chi connectivity index (χ1) is 16.0. The van der Waals surface area contributed by atoms with Crippen molar-refractivity contribution < 1.29 is 14.1 Å². The Morgan fingerprint density at radius 3 is 2.73 bits per heavy atom. The Kier molecular flexibility index (Phi) is 5.38. The average molecular weight is 448 g/mol. The summed E-state index contributed by atoms with van der Waals surface area (Å²) in [4.78, 5) is 16.7. The summed E-state index contributed by atoms with van der Waals surface area (Å²) in [6.45, 7) is 0. The summed E-state index contributed by atoms with van der Waals surface area (Å²) in [6, 6.07) is 9.32. The molecule has 2 N–H and O–H groups in total. The van der Waals surface area contributed by atoms with Gasteiger partial charge < -0.3 is 19.9 Å². The van der Waals surface area contributed by atoms with Crippen molar-refractivity contribution in [2.75, 3.05) is 31.8 Å². The zero-order valence-corrected chi connectivity index (χ0v) is 18.5. The van der Waals surface area contributed by atoms with E-state index in [0.29, 0.717) is 22.9 Å². The molecule has 0 saturated heterocycles. The van der Waals surface area contributed by atoms with E-state index in [9.17, 15) is 4.79 Å². The van der Waals surface area contributed by atoms with Gasteiger partial charge in [-0.05, 0) is 18.9 Å². The number of nitrogens with zero attached hydrogens (tertiary/aromatic N) is 6. The van der Waals surface area contributed by atoms with E-state index in [1.54, 1.807) is 30.6 Å². The van der Waals surface area contributed by atoms with Gasteiger partial charge in [0.05, 0.1) is 18.5 Å². The van der Waals surface area contributed by atoms with Crippen LogP contribution in [0.1, 0.15) is 24.6 Å². The number of pyridine rings is 1. The van der Waals surface area contributed by atoms with E-state index in [0.717, 1.165) is 29.7 Å². The first kappa shape index (κ1) is 20.9. The number of aromatic nitrogens is 2. The number of methoxy groups -OCH3 is 1. The number of carbonyl (C=O) groups is 1. The zero-order valence-electron chi connectivity index (χ0n) is 18.5. The number of amides is 1. The van der Waals surface area contributed by atoms with Crippen LogP contribution in [0.2, 0.25) is 0 Å². The monoisotopic (exact) mass is 448 g/mol. The summed E-state index contributed by atoms with van der Waals surface area (Å²) in [6.07, 6.45) is 4.68. The highest BCUT2D eigenvalue weighted by molar-refractivity contribution is 5.94. The van der Waals surface area contributed by atoms with E-state index in [4.69, 9.17) is 9.26 Å². The predicted octanol–water partition coefficient (Wildman–Crippen LogP) is 4.00. The number of para-hydroxylation sites is 1. The number of nitrogens with one attached hydrogen (secondary N) is 2. The average Bonchev–Trinajstić information content (AvgIpc) is 3.44. The topological polar surface area (TPSA) is 120 Å². The fourth-order valence-corrected chi connectivity index (χ4v) is 3.67. The Labute approximate surface area is 190 Å². The predicted molar refractivity (Wildman–Crippen MR) is 120 cm³/mol. The van der Waals surface area contributed by atoms with Gasteiger partial charge in [-0.3, -0.25) is 4.79 Å².